The number of nitrogens with zero attached hydrogens (tertiary/aromatic N) is 2. The van der Waals surface area contributed by atoms with Gasteiger partial charge >= 0.3 is 0 Å². The predicted octanol–water partition coefficient (Wildman–Crippen LogP) is 1.14. The van der Waals surface area contributed by atoms with Gasteiger partial charge in [0.05, 0.1) is 13.2 Å². The summed E-state index contributed by atoms with van der Waals surface area (Å²) in [5.74, 6) is 1.88. The van der Waals surface area contributed by atoms with Gasteiger partial charge in [0.1, 0.15) is 0 Å². The topological polar surface area (TPSA) is 60.2 Å². The molecule has 15 heavy (non-hydrogen) atoms. The Hall–Kier alpha value is -0.940. The van der Waals surface area contributed by atoms with E-state index in [9.17, 15) is 0 Å². The Morgan fingerprint density at radius 2 is 2.27 bits per heavy atom. The van der Waals surface area contributed by atoms with Crippen molar-refractivity contribution in [3.63, 3.8) is 0 Å². The molecule has 0 saturated heterocycles. The van der Waals surface area contributed by atoms with E-state index in [1.165, 1.54) is 0 Å². The molecule has 0 fully saturated rings. The van der Waals surface area contributed by atoms with Gasteiger partial charge in [0.2, 0.25) is 5.89 Å². The molecule has 0 aliphatic heterocycles. The highest BCUT2D eigenvalue weighted by Gasteiger charge is 2.00. The van der Waals surface area contributed by atoms with Gasteiger partial charge in [-0.3, -0.25) is 0 Å². The molecule has 5 heteroatoms. The van der Waals surface area contributed by atoms with Crippen molar-refractivity contribution in [2.45, 2.75) is 27.3 Å². The summed E-state index contributed by atoms with van der Waals surface area (Å²) in [7, 11) is 0. The largest absolute Gasteiger partial charge is 0.380 e. The Morgan fingerprint density at radius 1 is 1.47 bits per heavy atom. The van der Waals surface area contributed by atoms with Gasteiger partial charge in [-0.2, -0.15) is 4.98 Å². The van der Waals surface area contributed by atoms with Crippen LogP contribution in [-0.4, -0.2) is 29.9 Å². The van der Waals surface area contributed by atoms with Gasteiger partial charge in [-0.1, -0.05) is 19.0 Å². The molecule has 5 nitrogen and oxygen atoms in total. The molecule has 0 atom stereocenters. The SMILES string of the molecule is Cc1noc(CNCCOCC(C)C)n1. The molecule has 0 unspecified atom stereocenters. The molecule has 0 aromatic carbocycles. The van der Waals surface area contributed by atoms with Gasteiger partial charge < -0.3 is 14.6 Å². The van der Waals surface area contributed by atoms with Crippen molar-refractivity contribution >= 4 is 0 Å². The number of rotatable bonds is 7. The van der Waals surface area contributed by atoms with Crippen LogP contribution in [0.1, 0.15) is 25.6 Å². The fourth-order valence-electron chi connectivity index (χ4n) is 1.07. The molecule has 0 spiro atoms. The maximum absolute atomic E-state index is 5.41. The minimum Gasteiger partial charge on any atom is -0.380 e. The van der Waals surface area contributed by atoms with Crippen molar-refractivity contribution in [3.8, 4) is 0 Å². The van der Waals surface area contributed by atoms with Crippen molar-refractivity contribution in [2.24, 2.45) is 5.92 Å². The van der Waals surface area contributed by atoms with E-state index in [2.05, 4.69) is 29.3 Å². The fourth-order valence-corrected chi connectivity index (χ4v) is 1.07. The summed E-state index contributed by atoms with van der Waals surface area (Å²) in [5.41, 5.74) is 0. The number of nitrogens with one attached hydrogen (secondary N) is 1. The first-order valence-corrected chi connectivity index (χ1v) is 5.26. The summed E-state index contributed by atoms with van der Waals surface area (Å²) < 4.78 is 10.4. The third kappa shape index (κ3) is 5.49. The molecule has 0 saturated carbocycles. The van der Waals surface area contributed by atoms with Crippen LogP contribution >= 0.6 is 0 Å². The van der Waals surface area contributed by atoms with Gasteiger partial charge in [0, 0.05) is 13.2 Å². The summed E-state index contributed by atoms with van der Waals surface area (Å²) in [5, 5.41) is 6.87. The quantitative estimate of drug-likeness (QED) is 0.688. The molecule has 0 bridgehead atoms. The third-order valence-corrected chi connectivity index (χ3v) is 1.72. The van der Waals surface area contributed by atoms with E-state index >= 15 is 0 Å². The highest BCUT2D eigenvalue weighted by Crippen LogP contribution is 1.94. The van der Waals surface area contributed by atoms with Crippen LogP contribution in [0.15, 0.2) is 4.52 Å². The average molecular weight is 213 g/mol. The lowest BCUT2D eigenvalue weighted by Gasteiger charge is -2.06. The van der Waals surface area contributed by atoms with Crippen LogP contribution < -0.4 is 5.32 Å². The molecule has 1 heterocycles. The second kappa shape index (κ2) is 6.53. The number of aromatic nitrogens is 2. The molecule has 0 aliphatic carbocycles. The Morgan fingerprint density at radius 3 is 2.87 bits per heavy atom. The Labute approximate surface area is 90.2 Å². The lowest BCUT2D eigenvalue weighted by molar-refractivity contribution is 0.111. The molecular weight excluding hydrogens is 194 g/mol. The molecule has 1 N–H and O–H groups in total. The van der Waals surface area contributed by atoms with E-state index in [-0.39, 0.29) is 0 Å². The minimum absolute atomic E-state index is 0.587. The Balaban J connectivity index is 1.98. The van der Waals surface area contributed by atoms with E-state index in [0.29, 0.717) is 30.8 Å². The van der Waals surface area contributed by atoms with E-state index in [4.69, 9.17) is 9.26 Å². The van der Waals surface area contributed by atoms with Crippen molar-refractivity contribution in [2.75, 3.05) is 19.8 Å². The van der Waals surface area contributed by atoms with Crippen LogP contribution in [0.5, 0.6) is 0 Å². The summed E-state index contributed by atoms with van der Waals surface area (Å²) in [6.45, 7) is 8.99. The first-order valence-electron chi connectivity index (χ1n) is 5.26. The first kappa shape index (κ1) is 12.1. The van der Waals surface area contributed by atoms with Gasteiger partial charge in [0.15, 0.2) is 5.82 Å². The van der Waals surface area contributed by atoms with Crippen LogP contribution in [0.2, 0.25) is 0 Å². The van der Waals surface area contributed by atoms with Crippen LogP contribution in [0, 0.1) is 12.8 Å². The zero-order valence-corrected chi connectivity index (χ0v) is 9.62. The van der Waals surface area contributed by atoms with E-state index in [1.54, 1.807) is 6.92 Å². The minimum atomic E-state index is 0.587. The predicted molar refractivity (Wildman–Crippen MR) is 56.4 cm³/mol. The van der Waals surface area contributed by atoms with Crippen molar-refractivity contribution < 1.29 is 9.26 Å². The average Bonchev–Trinajstić information content (AvgIpc) is 2.57. The number of ether oxygens (including phenoxy) is 1. The zero-order chi connectivity index (χ0) is 11.1. The van der Waals surface area contributed by atoms with Crippen molar-refractivity contribution in [1.29, 1.82) is 0 Å². The molecular formula is C10H19N3O2. The van der Waals surface area contributed by atoms with Gasteiger partial charge in [0.25, 0.3) is 0 Å². The first-order chi connectivity index (χ1) is 7.18. The third-order valence-electron chi connectivity index (χ3n) is 1.72. The van der Waals surface area contributed by atoms with E-state index in [1.807, 2.05) is 0 Å². The van der Waals surface area contributed by atoms with Gasteiger partial charge in [-0.05, 0) is 12.8 Å². The second-order valence-corrected chi connectivity index (χ2v) is 3.88. The maximum atomic E-state index is 5.41. The Bertz CT molecular complexity index is 273. The number of hydrogen-bond acceptors (Lipinski definition) is 5. The van der Waals surface area contributed by atoms with Crippen molar-refractivity contribution in [1.82, 2.24) is 15.5 Å². The van der Waals surface area contributed by atoms with E-state index in [0.717, 1.165) is 13.2 Å². The van der Waals surface area contributed by atoms with Crippen LogP contribution in [-0.2, 0) is 11.3 Å². The number of aryl methyl sites for hydroxylation is 1. The summed E-state index contributed by atoms with van der Waals surface area (Å²) in [6.07, 6.45) is 0. The lowest BCUT2D eigenvalue weighted by atomic mass is 10.2. The van der Waals surface area contributed by atoms with Crippen LogP contribution in [0.25, 0.3) is 0 Å². The van der Waals surface area contributed by atoms with Crippen LogP contribution in [0.4, 0.5) is 0 Å². The molecule has 0 aliphatic rings. The normalized spacial score (nSPS) is 11.2. The van der Waals surface area contributed by atoms with Crippen LogP contribution in [0.3, 0.4) is 0 Å². The zero-order valence-electron chi connectivity index (χ0n) is 9.62. The number of hydrogen-bond donors (Lipinski definition) is 1. The summed E-state index contributed by atoms with van der Waals surface area (Å²) in [6, 6.07) is 0. The Kier molecular flexibility index (Phi) is 5.28. The lowest BCUT2D eigenvalue weighted by Crippen LogP contribution is -2.20. The monoisotopic (exact) mass is 213 g/mol. The summed E-state index contributed by atoms with van der Waals surface area (Å²) >= 11 is 0. The highest BCUT2D eigenvalue weighted by molar-refractivity contribution is 4.81. The van der Waals surface area contributed by atoms with Gasteiger partial charge in [-0.25, -0.2) is 0 Å². The molecule has 1 aromatic rings. The molecule has 0 radical (unpaired) electrons. The molecule has 86 valence electrons. The summed E-state index contributed by atoms with van der Waals surface area (Å²) in [4.78, 5) is 4.08. The molecule has 1 rings (SSSR count). The second-order valence-electron chi connectivity index (χ2n) is 3.88. The maximum Gasteiger partial charge on any atom is 0.240 e. The van der Waals surface area contributed by atoms with E-state index < -0.39 is 0 Å². The smallest absolute Gasteiger partial charge is 0.240 e. The molecule has 0 amide bonds. The standard InChI is InChI=1S/C10H19N3O2/c1-8(2)7-14-5-4-11-6-10-12-9(3)13-15-10/h8,11H,4-7H2,1-3H3. The highest BCUT2D eigenvalue weighted by atomic mass is 16.5. The van der Waals surface area contributed by atoms with Gasteiger partial charge in [-0.15, -0.1) is 0 Å². The van der Waals surface area contributed by atoms with Crippen molar-refractivity contribution in [3.05, 3.63) is 11.7 Å². The fraction of sp³-hybridized carbons (Fsp3) is 0.800. The molecule has 1 aromatic heterocycles.